The molecule has 0 aliphatic heterocycles. The Morgan fingerprint density at radius 1 is 1.32 bits per heavy atom. The molecule has 0 aliphatic rings. The van der Waals surface area contributed by atoms with Gasteiger partial charge >= 0.3 is 0 Å². The van der Waals surface area contributed by atoms with E-state index >= 15 is 0 Å². The molecular weight excluding hydrogens is 346 g/mol. The third-order valence-electron chi connectivity index (χ3n) is 3.81. The molecule has 2 rings (SSSR count). The molecule has 6 nitrogen and oxygen atoms in total. The minimum absolute atomic E-state index is 0.0539. The first-order valence-electron chi connectivity index (χ1n) is 7.37. The second-order valence-corrected chi connectivity index (χ2v) is 6.21. The molecular formula is C15H22BrN5O. The third kappa shape index (κ3) is 3.24. The summed E-state index contributed by atoms with van der Waals surface area (Å²) in [6, 6.07) is -0.355. The third-order valence-corrected chi connectivity index (χ3v) is 4.96. The number of hydrogen-bond acceptors (Lipinski definition) is 3. The summed E-state index contributed by atoms with van der Waals surface area (Å²) in [7, 11) is 0. The van der Waals surface area contributed by atoms with Crippen LogP contribution in [0.2, 0.25) is 0 Å². The van der Waals surface area contributed by atoms with Crippen LogP contribution in [0, 0.1) is 20.8 Å². The van der Waals surface area contributed by atoms with E-state index in [0.717, 1.165) is 33.7 Å². The van der Waals surface area contributed by atoms with Gasteiger partial charge < -0.3 is 5.32 Å². The van der Waals surface area contributed by atoms with Crippen LogP contribution < -0.4 is 5.32 Å². The lowest BCUT2D eigenvalue weighted by Gasteiger charge is -2.14. The second kappa shape index (κ2) is 6.64. The quantitative estimate of drug-likeness (QED) is 0.883. The summed E-state index contributed by atoms with van der Waals surface area (Å²) in [4.78, 5) is 12.4. The van der Waals surface area contributed by atoms with E-state index in [1.54, 1.807) is 4.68 Å². The van der Waals surface area contributed by atoms with Crippen molar-refractivity contribution in [2.45, 2.75) is 53.8 Å². The predicted octanol–water partition coefficient (Wildman–Crippen LogP) is 2.66. The van der Waals surface area contributed by atoms with Crippen molar-refractivity contribution < 1.29 is 4.79 Å². The van der Waals surface area contributed by atoms with Crippen LogP contribution in [-0.4, -0.2) is 25.5 Å². The summed E-state index contributed by atoms with van der Waals surface area (Å²) in [6.45, 7) is 11.0. The monoisotopic (exact) mass is 367 g/mol. The number of carbonyl (C=O) groups is 1. The summed E-state index contributed by atoms with van der Waals surface area (Å²) in [5.41, 5.74) is 3.83. The first-order chi connectivity index (χ1) is 10.3. The Bertz CT molecular complexity index is 688. The van der Waals surface area contributed by atoms with E-state index in [9.17, 15) is 4.79 Å². The van der Waals surface area contributed by atoms with Gasteiger partial charge in [-0.3, -0.25) is 14.2 Å². The Morgan fingerprint density at radius 3 is 2.50 bits per heavy atom. The Balaban J connectivity index is 2.05. The van der Waals surface area contributed by atoms with E-state index in [4.69, 9.17) is 0 Å². The fourth-order valence-electron chi connectivity index (χ4n) is 2.36. The highest BCUT2D eigenvalue weighted by atomic mass is 79.9. The summed E-state index contributed by atoms with van der Waals surface area (Å²) < 4.78 is 4.57. The van der Waals surface area contributed by atoms with Crippen LogP contribution in [-0.2, 0) is 17.9 Å². The molecule has 1 unspecified atom stereocenters. The molecule has 120 valence electrons. The molecule has 0 spiro atoms. The molecule has 1 amide bonds. The van der Waals surface area contributed by atoms with Crippen molar-refractivity contribution >= 4 is 21.8 Å². The Labute approximate surface area is 139 Å². The zero-order chi connectivity index (χ0) is 16.4. The van der Waals surface area contributed by atoms with Crippen molar-refractivity contribution in [3.8, 4) is 0 Å². The van der Waals surface area contributed by atoms with E-state index in [0.29, 0.717) is 6.54 Å². The molecule has 0 radical (unpaired) electrons. The number of hydrogen-bond donors (Lipinski definition) is 1. The maximum Gasteiger partial charge on any atom is 0.244 e. The van der Waals surface area contributed by atoms with Gasteiger partial charge in [-0.2, -0.15) is 10.2 Å². The van der Waals surface area contributed by atoms with Gasteiger partial charge in [0.2, 0.25) is 5.91 Å². The lowest BCUT2D eigenvalue weighted by Crippen LogP contribution is -2.31. The van der Waals surface area contributed by atoms with E-state index in [1.807, 2.05) is 45.5 Å². The number of aryl methyl sites for hydroxylation is 3. The fraction of sp³-hybridized carbons (Fsp3) is 0.533. The summed E-state index contributed by atoms with van der Waals surface area (Å²) in [5.74, 6) is -0.0539. The van der Waals surface area contributed by atoms with Gasteiger partial charge in [0.1, 0.15) is 6.04 Å². The molecule has 0 saturated carbocycles. The van der Waals surface area contributed by atoms with Crippen molar-refractivity contribution in [3.63, 3.8) is 0 Å². The van der Waals surface area contributed by atoms with Gasteiger partial charge in [0.25, 0.3) is 0 Å². The van der Waals surface area contributed by atoms with Crippen LogP contribution in [0.5, 0.6) is 0 Å². The Kier molecular flexibility index (Phi) is 5.05. The van der Waals surface area contributed by atoms with Crippen molar-refractivity contribution in [3.05, 3.63) is 33.3 Å². The van der Waals surface area contributed by atoms with Crippen molar-refractivity contribution in [1.82, 2.24) is 24.9 Å². The molecule has 7 heteroatoms. The average molecular weight is 368 g/mol. The van der Waals surface area contributed by atoms with Gasteiger partial charge in [-0.1, -0.05) is 0 Å². The smallest absolute Gasteiger partial charge is 0.244 e. The summed E-state index contributed by atoms with van der Waals surface area (Å²) in [6.07, 6.45) is 1.97. The zero-order valence-corrected chi connectivity index (χ0v) is 15.2. The van der Waals surface area contributed by atoms with Crippen LogP contribution in [0.25, 0.3) is 0 Å². The molecule has 22 heavy (non-hydrogen) atoms. The minimum atomic E-state index is -0.355. The fourth-order valence-corrected chi connectivity index (χ4v) is 2.62. The maximum atomic E-state index is 12.4. The highest BCUT2D eigenvalue weighted by Crippen LogP contribution is 2.22. The molecule has 1 N–H and O–H groups in total. The number of halogens is 1. The minimum Gasteiger partial charge on any atom is -0.350 e. The van der Waals surface area contributed by atoms with Crippen LogP contribution in [0.15, 0.2) is 10.7 Å². The van der Waals surface area contributed by atoms with Crippen LogP contribution in [0.1, 0.15) is 42.5 Å². The number of carbonyl (C=O) groups excluding carboxylic acids is 1. The number of nitrogens with one attached hydrogen (secondary N) is 1. The van der Waals surface area contributed by atoms with Crippen LogP contribution in [0.3, 0.4) is 0 Å². The molecule has 0 bridgehead atoms. The largest absolute Gasteiger partial charge is 0.350 e. The molecule has 2 heterocycles. The zero-order valence-electron chi connectivity index (χ0n) is 13.6. The summed E-state index contributed by atoms with van der Waals surface area (Å²) >= 11 is 3.49. The van der Waals surface area contributed by atoms with Crippen molar-refractivity contribution in [1.29, 1.82) is 0 Å². The first kappa shape index (κ1) is 16.7. The van der Waals surface area contributed by atoms with E-state index in [1.165, 1.54) is 0 Å². The first-order valence-corrected chi connectivity index (χ1v) is 8.16. The van der Waals surface area contributed by atoms with Gasteiger partial charge in [-0.15, -0.1) is 0 Å². The van der Waals surface area contributed by atoms with Gasteiger partial charge in [-0.25, -0.2) is 0 Å². The van der Waals surface area contributed by atoms with Crippen LogP contribution in [0.4, 0.5) is 0 Å². The highest BCUT2D eigenvalue weighted by Gasteiger charge is 2.20. The number of rotatable bonds is 5. The van der Waals surface area contributed by atoms with Crippen molar-refractivity contribution in [2.75, 3.05) is 0 Å². The SMILES string of the molecule is CCn1cc(CNC(=O)C(C)n2nc(C)c(Br)c2C)c(C)n1. The number of amides is 1. The van der Waals surface area contributed by atoms with Crippen molar-refractivity contribution in [2.24, 2.45) is 0 Å². The molecule has 1 atom stereocenters. The highest BCUT2D eigenvalue weighted by molar-refractivity contribution is 9.10. The van der Waals surface area contributed by atoms with E-state index in [-0.39, 0.29) is 11.9 Å². The lowest BCUT2D eigenvalue weighted by atomic mass is 10.2. The molecule has 0 saturated heterocycles. The predicted molar refractivity (Wildman–Crippen MR) is 88.6 cm³/mol. The standard InChI is InChI=1S/C15H22BrN5O/c1-6-20-8-13(9(2)18-20)7-17-15(22)12(5)21-11(4)14(16)10(3)19-21/h8,12H,6-7H2,1-5H3,(H,17,22). The van der Waals surface area contributed by atoms with E-state index in [2.05, 4.69) is 31.4 Å². The Hall–Kier alpha value is -1.63. The molecule has 0 aliphatic carbocycles. The summed E-state index contributed by atoms with van der Waals surface area (Å²) in [5, 5.41) is 11.8. The average Bonchev–Trinajstić information content (AvgIpc) is 2.98. The normalized spacial score (nSPS) is 12.5. The molecule has 0 fully saturated rings. The van der Waals surface area contributed by atoms with Gasteiger partial charge in [0.05, 0.1) is 21.6 Å². The molecule has 2 aromatic rings. The topological polar surface area (TPSA) is 64.7 Å². The number of aromatic nitrogens is 4. The second-order valence-electron chi connectivity index (χ2n) is 5.42. The maximum absolute atomic E-state index is 12.4. The van der Waals surface area contributed by atoms with E-state index < -0.39 is 0 Å². The number of nitrogens with zero attached hydrogens (tertiary/aromatic N) is 4. The van der Waals surface area contributed by atoms with Gasteiger partial charge in [-0.05, 0) is 50.5 Å². The Morgan fingerprint density at radius 2 is 2.00 bits per heavy atom. The van der Waals surface area contributed by atoms with Crippen LogP contribution >= 0.6 is 15.9 Å². The lowest BCUT2D eigenvalue weighted by molar-refractivity contribution is -0.124. The molecule has 2 aromatic heterocycles. The van der Waals surface area contributed by atoms with Gasteiger partial charge in [0.15, 0.2) is 0 Å². The van der Waals surface area contributed by atoms with Gasteiger partial charge in [0, 0.05) is 24.8 Å². The molecule has 0 aromatic carbocycles.